The van der Waals surface area contributed by atoms with Crippen molar-refractivity contribution in [2.24, 2.45) is 0 Å². The lowest BCUT2D eigenvalue weighted by Gasteiger charge is -2.07. The first-order chi connectivity index (χ1) is 11.7. The third-order valence-electron chi connectivity index (χ3n) is 3.26. The van der Waals surface area contributed by atoms with Gasteiger partial charge in [0.05, 0.1) is 17.2 Å². The Balaban J connectivity index is 1.65. The lowest BCUT2D eigenvalue weighted by Crippen LogP contribution is -2.08. The first kappa shape index (κ1) is 15.3. The molecule has 4 nitrogen and oxygen atoms in total. The topological polar surface area (TPSA) is 59.3 Å². The molecule has 3 aromatic rings. The Labute approximate surface area is 139 Å². The van der Waals surface area contributed by atoms with E-state index in [4.69, 9.17) is 14.7 Å². The molecule has 0 saturated heterocycles. The summed E-state index contributed by atoms with van der Waals surface area (Å²) < 4.78 is 11.0. The Bertz CT molecular complexity index is 864. The molecule has 0 amide bonds. The molecule has 0 spiro atoms. The number of hydrogen-bond donors (Lipinski definition) is 0. The second-order valence-corrected chi connectivity index (χ2v) is 4.97. The number of hydrogen-bond acceptors (Lipinski definition) is 4. The van der Waals surface area contributed by atoms with E-state index in [9.17, 15) is 4.79 Å². The number of ether oxygens (including phenoxy) is 2. The van der Waals surface area contributed by atoms with Crippen LogP contribution in [0.25, 0.3) is 0 Å². The van der Waals surface area contributed by atoms with Gasteiger partial charge in [-0.15, -0.1) is 0 Å². The molecular formula is C20H13NO3. The molecule has 24 heavy (non-hydrogen) atoms. The fourth-order valence-corrected chi connectivity index (χ4v) is 2.05. The molecule has 3 aromatic carbocycles. The molecule has 116 valence electrons. The predicted octanol–water partition coefficient (Wildman–Crippen LogP) is 4.57. The summed E-state index contributed by atoms with van der Waals surface area (Å²) in [5.41, 5.74) is 0.882. The lowest BCUT2D eigenvalue weighted by atomic mass is 10.1. The highest BCUT2D eigenvalue weighted by molar-refractivity contribution is 5.91. The van der Waals surface area contributed by atoms with Crippen LogP contribution < -0.4 is 9.47 Å². The van der Waals surface area contributed by atoms with Gasteiger partial charge in [0, 0.05) is 0 Å². The summed E-state index contributed by atoms with van der Waals surface area (Å²) in [5.74, 6) is 1.33. The summed E-state index contributed by atoms with van der Waals surface area (Å²) in [7, 11) is 0. The normalized spacial score (nSPS) is 9.79. The molecule has 0 heterocycles. The van der Waals surface area contributed by atoms with Crippen LogP contribution in [0.5, 0.6) is 17.2 Å². The van der Waals surface area contributed by atoms with Crippen molar-refractivity contribution in [1.29, 1.82) is 5.26 Å². The number of benzene rings is 3. The zero-order chi connectivity index (χ0) is 16.8. The number of carbonyl (C=O) groups excluding carboxylic acids is 1. The highest BCUT2D eigenvalue weighted by atomic mass is 16.5. The number of rotatable bonds is 4. The van der Waals surface area contributed by atoms with Crippen LogP contribution in [0.1, 0.15) is 15.9 Å². The second-order valence-electron chi connectivity index (χ2n) is 4.97. The fourth-order valence-electron chi connectivity index (χ4n) is 2.05. The van der Waals surface area contributed by atoms with Crippen molar-refractivity contribution in [2.75, 3.05) is 0 Å². The number of nitriles is 1. The van der Waals surface area contributed by atoms with Crippen molar-refractivity contribution in [1.82, 2.24) is 0 Å². The largest absolute Gasteiger partial charge is 0.457 e. The molecule has 0 aromatic heterocycles. The van der Waals surface area contributed by atoms with Gasteiger partial charge in [-0.3, -0.25) is 0 Å². The standard InChI is InChI=1S/C20H13NO3/c21-14-15-6-8-16(9-7-15)20(22)24-19-12-10-18(11-13-19)23-17-4-2-1-3-5-17/h1-13H. The molecule has 0 aliphatic rings. The van der Waals surface area contributed by atoms with Crippen molar-refractivity contribution >= 4 is 5.97 Å². The van der Waals surface area contributed by atoms with Crippen LogP contribution in [0.4, 0.5) is 0 Å². The summed E-state index contributed by atoms with van der Waals surface area (Å²) in [6, 6.07) is 24.5. The molecule has 0 aliphatic carbocycles. The van der Waals surface area contributed by atoms with E-state index in [1.54, 1.807) is 48.5 Å². The molecule has 0 atom stereocenters. The summed E-state index contributed by atoms with van der Waals surface area (Å²) >= 11 is 0. The van der Waals surface area contributed by atoms with Gasteiger partial charge in [-0.2, -0.15) is 5.26 Å². The first-order valence-corrected chi connectivity index (χ1v) is 7.30. The Morgan fingerprint density at radius 3 is 1.96 bits per heavy atom. The Morgan fingerprint density at radius 1 is 0.750 bits per heavy atom. The van der Waals surface area contributed by atoms with E-state index in [1.807, 2.05) is 36.4 Å². The van der Waals surface area contributed by atoms with Crippen LogP contribution in [0, 0.1) is 11.3 Å². The van der Waals surface area contributed by atoms with Gasteiger partial charge in [0.2, 0.25) is 0 Å². The summed E-state index contributed by atoms with van der Waals surface area (Å²) in [6.07, 6.45) is 0. The van der Waals surface area contributed by atoms with Crippen molar-refractivity contribution in [3.05, 3.63) is 90.0 Å². The third kappa shape index (κ3) is 3.79. The van der Waals surface area contributed by atoms with Gasteiger partial charge >= 0.3 is 5.97 Å². The number of para-hydroxylation sites is 1. The van der Waals surface area contributed by atoms with E-state index in [0.717, 1.165) is 5.75 Å². The highest BCUT2D eigenvalue weighted by Crippen LogP contribution is 2.24. The molecule has 0 unspecified atom stereocenters. The van der Waals surface area contributed by atoms with Gasteiger partial charge in [-0.1, -0.05) is 18.2 Å². The number of esters is 1. The van der Waals surface area contributed by atoms with Gasteiger partial charge in [-0.25, -0.2) is 4.79 Å². The van der Waals surface area contributed by atoms with Crippen LogP contribution in [0.2, 0.25) is 0 Å². The van der Waals surface area contributed by atoms with Crippen molar-refractivity contribution < 1.29 is 14.3 Å². The average molecular weight is 315 g/mol. The van der Waals surface area contributed by atoms with Crippen molar-refractivity contribution in [2.45, 2.75) is 0 Å². The van der Waals surface area contributed by atoms with E-state index >= 15 is 0 Å². The van der Waals surface area contributed by atoms with E-state index in [-0.39, 0.29) is 0 Å². The minimum Gasteiger partial charge on any atom is -0.457 e. The zero-order valence-electron chi connectivity index (χ0n) is 12.7. The monoisotopic (exact) mass is 315 g/mol. The van der Waals surface area contributed by atoms with Gasteiger partial charge in [0.25, 0.3) is 0 Å². The Hall–Kier alpha value is -3.58. The van der Waals surface area contributed by atoms with Gasteiger partial charge in [-0.05, 0) is 60.7 Å². The smallest absolute Gasteiger partial charge is 0.343 e. The Morgan fingerprint density at radius 2 is 1.33 bits per heavy atom. The highest BCUT2D eigenvalue weighted by Gasteiger charge is 2.08. The first-order valence-electron chi connectivity index (χ1n) is 7.30. The summed E-state index contributed by atoms with van der Waals surface area (Å²) in [6.45, 7) is 0. The van der Waals surface area contributed by atoms with Gasteiger partial charge in [0.15, 0.2) is 0 Å². The van der Waals surface area contributed by atoms with E-state index in [1.165, 1.54) is 0 Å². The molecule has 0 saturated carbocycles. The van der Waals surface area contributed by atoms with Crippen LogP contribution >= 0.6 is 0 Å². The molecule has 0 radical (unpaired) electrons. The molecule has 0 bridgehead atoms. The molecule has 0 aliphatic heterocycles. The number of carbonyl (C=O) groups is 1. The van der Waals surface area contributed by atoms with E-state index in [2.05, 4.69) is 0 Å². The maximum Gasteiger partial charge on any atom is 0.343 e. The zero-order valence-corrected chi connectivity index (χ0v) is 12.7. The van der Waals surface area contributed by atoms with Crippen molar-refractivity contribution in [3.63, 3.8) is 0 Å². The fraction of sp³-hybridized carbons (Fsp3) is 0. The molecule has 0 fully saturated rings. The van der Waals surface area contributed by atoms with Crippen molar-refractivity contribution in [3.8, 4) is 23.3 Å². The molecule has 0 N–H and O–H groups in total. The van der Waals surface area contributed by atoms with Gasteiger partial charge in [0.1, 0.15) is 17.2 Å². The Kier molecular flexibility index (Phi) is 4.55. The maximum absolute atomic E-state index is 12.1. The maximum atomic E-state index is 12.1. The average Bonchev–Trinajstić information content (AvgIpc) is 2.64. The SMILES string of the molecule is N#Cc1ccc(C(=O)Oc2ccc(Oc3ccccc3)cc2)cc1. The third-order valence-corrected chi connectivity index (χ3v) is 3.26. The second kappa shape index (κ2) is 7.12. The minimum absolute atomic E-state index is 0.388. The summed E-state index contributed by atoms with van der Waals surface area (Å²) in [5, 5.41) is 8.76. The molecule has 3 rings (SSSR count). The molecular weight excluding hydrogens is 302 g/mol. The van der Waals surface area contributed by atoms with E-state index < -0.39 is 5.97 Å². The van der Waals surface area contributed by atoms with E-state index in [0.29, 0.717) is 22.6 Å². The quantitative estimate of drug-likeness (QED) is 0.522. The van der Waals surface area contributed by atoms with Crippen LogP contribution in [-0.4, -0.2) is 5.97 Å². The predicted molar refractivity (Wildman–Crippen MR) is 89.1 cm³/mol. The van der Waals surface area contributed by atoms with Crippen LogP contribution in [0.3, 0.4) is 0 Å². The van der Waals surface area contributed by atoms with Crippen LogP contribution in [0.15, 0.2) is 78.9 Å². The molecule has 4 heteroatoms. The summed E-state index contributed by atoms with van der Waals surface area (Å²) in [4.78, 5) is 12.1. The minimum atomic E-state index is -0.476. The van der Waals surface area contributed by atoms with Crippen LogP contribution in [-0.2, 0) is 0 Å². The lowest BCUT2D eigenvalue weighted by molar-refractivity contribution is 0.0734. The number of nitrogens with zero attached hydrogens (tertiary/aromatic N) is 1. The van der Waals surface area contributed by atoms with Gasteiger partial charge < -0.3 is 9.47 Å².